The largest absolute Gasteiger partial charge is 0.296 e. The van der Waals surface area contributed by atoms with Crippen molar-refractivity contribution in [2.24, 2.45) is 5.92 Å². The van der Waals surface area contributed by atoms with Crippen LogP contribution in [0, 0.1) is 5.92 Å². The maximum Gasteiger partial charge on any atom is 0.176 e. The molecule has 1 aromatic rings. The molecule has 0 N–H and O–H groups in total. The van der Waals surface area contributed by atoms with Gasteiger partial charge in [0.2, 0.25) is 0 Å². The number of ketones is 1. The van der Waals surface area contributed by atoms with Crippen LogP contribution in [0.15, 0.2) is 29.2 Å². The quantitative estimate of drug-likeness (QED) is 0.584. The van der Waals surface area contributed by atoms with Gasteiger partial charge in [0.05, 0.1) is 6.54 Å². The number of rotatable bonds is 6. The van der Waals surface area contributed by atoms with Gasteiger partial charge in [0, 0.05) is 17.0 Å². The van der Waals surface area contributed by atoms with E-state index in [9.17, 15) is 4.79 Å². The third-order valence-corrected chi connectivity index (χ3v) is 4.59. The van der Waals surface area contributed by atoms with Crippen molar-refractivity contribution in [3.63, 3.8) is 0 Å². The van der Waals surface area contributed by atoms with E-state index in [4.69, 9.17) is 0 Å². The van der Waals surface area contributed by atoms with Crippen LogP contribution in [-0.2, 0) is 0 Å². The number of Topliss-reactive ketones (excluding diaryl/α,β-unsaturated/α-hetero) is 1. The predicted molar refractivity (Wildman–Crippen MR) is 82.0 cm³/mol. The summed E-state index contributed by atoms with van der Waals surface area (Å²) >= 11 is 1.71. The minimum Gasteiger partial charge on any atom is -0.296 e. The fraction of sp³-hybridized carbons (Fsp3) is 0.562. The molecule has 2 nitrogen and oxygen atoms in total. The summed E-state index contributed by atoms with van der Waals surface area (Å²) in [7, 11) is 0. The number of carbonyl (C=O) groups is 1. The third-order valence-electron chi connectivity index (χ3n) is 3.85. The van der Waals surface area contributed by atoms with Crippen molar-refractivity contribution in [3.05, 3.63) is 29.8 Å². The maximum absolute atomic E-state index is 12.2. The Morgan fingerprint density at radius 1 is 1.37 bits per heavy atom. The fourth-order valence-corrected chi connectivity index (χ4v) is 3.18. The zero-order valence-electron chi connectivity index (χ0n) is 11.9. The minimum absolute atomic E-state index is 0.254. The predicted octanol–water partition coefficient (Wildman–Crippen LogP) is 3.71. The van der Waals surface area contributed by atoms with Crippen LogP contribution in [0.3, 0.4) is 0 Å². The highest BCUT2D eigenvalue weighted by Crippen LogP contribution is 2.21. The summed E-state index contributed by atoms with van der Waals surface area (Å²) in [4.78, 5) is 15.7. The Morgan fingerprint density at radius 2 is 2.11 bits per heavy atom. The van der Waals surface area contributed by atoms with E-state index in [-0.39, 0.29) is 5.78 Å². The molecule has 0 saturated carbocycles. The van der Waals surface area contributed by atoms with Crippen LogP contribution in [0.2, 0.25) is 0 Å². The van der Waals surface area contributed by atoms with Crippen LogP contribution in [0.1, 0.15) is 36.5 Å². The average Bonchev–Trinajstić information content (AvgIpc) is 2.86. The van der Waals surface area contributed by atoms with Crippen LogP contribution < -0.4 is 0 Å². The zero-order valence-corrected chi connectivity index (χ0v) is 12.7. The van der Waals surface area contributed by atoms with Crippen molar-refractivity contribution in [2.45, 2.75) is 31.1 Å². The van der Waals surface area contributed by atoms with Crippen LogP contribution in [0.4, 0.5) is 0 Å². The monoisotopic (exact) mass is 277 g/mol. The number of hydrogen-bond acceptors (Lipinski definition) is 3. The van der Waals surface area contributed by atoms with Crippen LogP contribution in [-0.4, -0.2) is 36.6 Å². The Bertz CT molecular complexity index is 415. The molecule has 1 unspecified atom stereocenters. The molecule has 1 atom stereocenters. The second-order valence-corrected chi connectivity index (χ2v) is 6.21. The van der Waals surface area contributed by atoms with Gasteiger partial charge in [-0.1, -0.05) is 25.5 Å². The van der Waals surface area contributed by atoms with Gasteiger partial charge in [-0.05, 0) is 43.7 Å². The molecule has 0 aromatic heterocycles. The summed E-state index contributed by atoms with van der Waals surface area (Å²) in [6, 6.07) is 7.96. The molecule has 0 aliphatic carbocycles. The molecule has 1 fully saturated rings. The summed E-state index contributed by atoms with van der Waals surface area (Å²) in [6.45, 7) is 5.00. The summed E-state index contributed by atoms with van der Waals surface area (Å²) in [5.74, 6) is 1.06. The third kappa shape index (κ3) is 4.08. The smallest absolute Gasteiger partial charge is 0.176 e. The summed E-state index contributed by atoms with van der Waals surface area (Å²) in [5, 5.41) is 0. The summed E-state index contributed by atoms with van der Waals surface area (Å²) < 4.78 is 0. The van der Waals surface area contributed by atoms with E-state index in [1.54, 1.807) is 11.8 Å². The van der Waals surface area contributed by atoms with Gasteiger partial charge in [-0.15, -0.1) is 11.8 Å². The molecular weight excluding hydrogens is 254 g/mol. The van der Waals surface area contributed by atoms with Gasteiger partial charge in [-0.2, -0.15) is 0 Å². The van der Waals surface area contributed by atoms with Gasteiger partial charge in [-0.25, -0.2) is 0 Å². The van der Waals surface area contributed by atoms with Crippen LogP contribution >= 0.6 is 11.8 Å². The SMILES string of the molecule is CCCC1CCN(CC(=O)c2ccc(SC)cc2)C1. The van der Waals surface area contributed by atoms with E-state index in [1.165, 1.54) is 24.2 Å². The first-order valence-corrected chi connectivity index (χ1v) is 8.35. The van der Waals surface area contributed by atoms with E-state index >= 15 is 0 Å². The Morgan fingerprint density at radius 3 is 2.74 bits per heavy atom. The topological polar surface area (TPSA) is 20.3 Å². The van der Waals surface area contributed by atoms with Crippen molar-refractivity contribution in [2.75, 3.05) is 25.9 Å². The molecule has 3 heteroatoms. The lowest BCUT2D eigenvalue weighted by Gasteiger charge is -2.15. The Labute approximate surface area is 120 Å². The van der Waals surface area contributed by atoms with Gasteiger partial charge in [-0.3, -0.25) is 9.69 Å². The molecule has 1 aliphatic heterocycles. The number of carbonyl (C=O) groups excluding carboxylic acids is 1. The highest BCUT2D eigenvalue weighted by Gasteiger charge is 2.23. The van der Waals surface area contributed by atoms with Crippen LogP contribution in [0.5, 0.6) is 0 Å². The second-order valence-electron chi connectivity index (χ2n) is 5.33. The Kier molecular flexibility index (Phi) is 5.46. The van der Waals surface area contributed by atoms with Crippen molar-refractivity contribution >= 4 is 17.5 Å². The summed E-state index contributed by atoms with van der Waals surface area (Å²) in [6.07, 6.45) is 5.86. The molecule has 0 radical (unpaired) electrons. The van der Waals surface area contributed by atoms with E-state index in [0.717, 1.165) is 24.6 Å². The van der Waals surface area contributed by atoms with Gasteiger partial charge in [0.15, 0.2) is 5.78 Å². The highest BCUT2D eigenvalue weighted by molar-refractivity contribution is 7.98. The Balaban J connectivity index is 1.87. The molecule has 2 rings (SSSR count). The lowest BCUT2D eigenvalue weighted by Crippen LogP contribution is -2.27. The Hall–Kier alpha value is -0.800. The number of likely N-dealkylation sites (tertiary alicyclic amines) is 1. The van der Waals surface area contributed by atoms with Gasteiger partial charge in [0.1, 0.15) is 0 Å². The molecule has 1 aromatic carbocycles. The van der Waals surface area contributed by atoms with E-state index in [0.29, 0.717) is 6.54 Å². The van der Waals surface area contributed by atoms with Crippen molar-refractivity contribution in [1.82, 2.24) is 4.90 Å². The first-order chi connectivity index (χ1) is 9.22. The van der Waals surface area contributed by atoms with Gasteiger partial charge >= 0.3 is 0 Å². The fourth-order valence-electron chi connectivity index (χ4n) is 2.77. The van der Waals surface area contributed by atoms with Gasteiger partial charge in [0.25, 0.3) is 0 Å². The number of thioether (sulfide) groups is 1. The van der Waals surface area contributed by atoms with Crippen molar-refractivity contribution in [3.8, 4) is 0 Å². The second kappa shape index (κ2) is 7.11. The van der Waals surface area contributed by atoms with Crippen LogP contribution in [0.25, 0.3) is 0 Å². The molecule has 0 amide bonds. The van der Waals surface area contributed by atoms with E-state index in [2.05, 4.69) is 18.1 Å². The van der Waals surface area contributed by atoms with Crippen molar-refractivity contribution in [1.29, 1.82) is 0 Å². The highest BCUT2D eigenvalue weighted by atomic mass is 32.2. The molecule has 1 aliphatic rings. The molecule has 0 bridgehead atoms. The molecule has 104 valence electrons. The minimum atomic E-state index is 0.254. The molecule has 19 heavy (non-hydrogen) atoms. The number of nitrogens with zero attached hydrogens (tertiary/aromatic N) is 1. The maximum atomic E-state index is 12.2. The van der Waals surface area contributed by atoms with Crippen molar-refractivity contribution < 1.29 is 4.79 Å². The normalized spacial score (nSPS) is 19.8. The van der Waals surface area contributed by atoms with E-state index < -0.39 is 0 Å². The first-order valence-electron chi connectivity index (χ1n) is 7.12. The lowest BCUT2D eigenvalue weighted by atomic mass is 10.0. The standard InChI is InChI=1S/C16H23NOS/c1-3-4-13-9-10-17(11-13)12-16(18)14-5-7-15(19-2)8-6-14/h5-8,13H,3-4,9-12H2,1-2H3. The zero-order chi connectivity index (χ0) is 13.7. The average molecular weight is 277 g/mol. The van der Waals surface area contributed by atoms with E-state index in [1.807, 2.05) is 24.3 Å². The lowest BCUT2D eigenvalue weighted by molar-refractivity contribution is 0.0943. The van der Waals surface area contributed by atoms with Gasteiger partial charge < -0.3 is 0 Å². The molecule has 1 heterocycles. The number of benzene rings is 1. The molecule has 1 saturated heterocycles. The first kappa shape index (κ1) is 14.6. The summed E-state index contributed by atoms with van der Waals surface area (Å²) in [5.41, 5.74) is 0.844. The molecular formula is C16H23NOS. The number of hydrogen-bond donors (Lipinski definition) is 0. The molecule has 0 spiro atoms.